The molecule has 2 saturated heterocycles. The van der Waals surface area contributed by atoms with Gasteiger partial charge in [-0.25, -0.2) is 9.59 Å². The van der Waals surface area contributed by atoms with Gasteiger partial charge in [-0.1, -0.05) is 24.3 Å². The zero-order valence-corrected chi connectivity index (χ0v) is 47.8. The molecule has 13 nitrogen and oxygen atoms in total. The molecule has 2 aliphatic heterocycles. The molecular formula is C39H63ClCs2N4O9. The van der Waals surface area contributed by atoms with Gasteiger partial charge in [-0.3, -0.25) is 9.69 Å². The minimum absolute atomic E-state index is 0. The number of hydrogen-bond donors (Lipinski definition) is 3. The molecule has 0 unspecified atom stereocenters. The van der Waals surface area contributed by atoms with Gasteiger partial charge in [-0.2, -0.15) is 0 Å². The first-order valence-electron chi connectivity index (χ1n) is 18.3. The molecule has 0 aromatic heterocycles. The molecule has 0 atom stereocenters. The Hall–Kier alpha value is 0.324. The van der Waals surface area contributed by atoms with E-state index in [1.807, 2.05) is 77.9 Å². The van der Waals surface area contributed by atoms with Crippen molar-refractivity contribution in [2.75, 3.05) is 64.8 Å². The van der Waals surface area contributed by atoms with Crippen LogP contribution in [0.2, 0.25) is 0 Å². The van der Waals surface area contributed by atoms with Gasteiger partial charge < -0.3 is 46.4 Å². The van der Waals surface area contributed by atoms with Gasteiger partial charge in [-0.15, -0.1) is 11.6 Å². The van der Waals surface area contributed by atoms with Gasteiger partial charge >= 0.3 is 150 Å². The number of benzene rings is 2. The number of halogens is 1. The second-order valence-electron chi connectivity index (χ2n) is 14.5. The Balaban J connectivity index is -0.000000764. The molecule has 302 valence electrons. The van der Waals surface area contributed by atoms with Crippen molar-refractivity contribution in [1.82, 2.24) is 20.4 Å². The molecule has 2 fully saturated rings. The smallest absolute Gasteiger partial charge is 1.00 e. The fraction of sp³-hybridized carbons (Fsp3) is 0.615. The number of alkyl halides is 1. The maximum Gasteiger partial charge on any atom is 1.00 e. The summed E-state index contributed by atoms with van der Waals surface area (Å²) in [5, 5.41) is 23.0. The van der Waals surface area contributed by atoms with Crippen LogP contribution >= 0.6 is 11.6 Å². The van der Waals surface area contributed by atoms with E-state index >= 15 is 0 Å². The molecule has 0 saturated carbocycles. The summed E-state index contributed by atoms with van der Waals surface area (Å²) in [6.45, 7) is 19.7. The predicted molar refractivity (Wildman–Crippen MR) is 206 cm³/mol. The average Bonchev–Trinajstić information content (AvgIpc) is 3.81. The van der Waals surface area contributed by atoms with E-state index in [1.54, 1.807) is 12.1 Å². The van der Waals surface area contributed by atoms with Crippen LogP contribution in [0.15, 0.2) is 48.5 Å². The molecule has 2 aliphatic rings. The summed E-state index contributed by atoms with van der Waals surface area (Å²) in [6.07, 6.45) is 6.07. The van der Waals surface area contributed by atoms with Crippen LogP contribution in [0, 0.1) is 0 Å². The Morgan fingerprint density at radius 3 is 1.51 bits per heavy atom. The minimum Gasteiger partial charge on any atom is -1.00 e. The second-order valence-corrected chi connectivity index (χ2v) is 14.9. The number of alkyl carbamates (subject to hydrolysis) is 2. The SMILES string of the molecule is CC(C)(C)OC(=O)NCCc1ccc(O)cc1.CC(C)(C)OC(=O)NCCc1ccc(OCCN2CCCC2)cc1.ClCCN1CCCC1.O=CO[O-].[Cs+].[Cs+].[H-]. The first kappa shape index (κ1) is 57.4. The number of carbonyl (C=O) groups excluding carboxylic acids is 3. The number of nitrogens with one attached hydrogen (secondary N) is 2. The van der Waals surface area contributed by atoms with E-state index < -0.39 is 17.3 Å². The number of hydrogen-bond acceptors (Lipinski definition) is 11. The van der Waals surface area contributed by atoms with E-state index in [0.717, 1.165) is 48.9 Å². The number of likely N-dealkylation sites (tertiary alicyclic amines) is 2. The summed E-state index contributed by atoms with van der Waals surface area (Å²) >= 11 is 5.54. The summed E-state index contributed by atoms with van der Waals surface area (Å²) in [4.78, 5) is 39.0. The molecule has 0 aliphatic carbocycles. The van der Waals surface area contributed by atoms with Gasteiger partial charge in [0.2, 0.25) is 0 Å². The number of rotatable bonds is 13. The summed E-state index contributed by atoms with van der Waals surface area (Å²) in [5.41, 5.74) is 1.29. The number of nitrogens with zero attached hydrogens (tertiary/aromatic N) is 2. The zero-order chi connectivity index (χ0) is 39.5. The molecule has 2 aromatic carbocycles. The van der Waals surface area contributed by atoms with Gasteiger partial charge in [0.25, 0.3) is 6.47 Å². The van der Waals surface area contributed by atoms with E-state index in [9.17, 15) is 9.59 Å². The third-order valence-electron chi connectivity index (χ3n) is 7.54. The molecule has 16 heteroatoms. The first-order chi connectivity index (χ1) is 25.1. The Bertz CT molecular complexity index is 1280. The van der Waals surface area contributed by atoms with Crippen molar-refractivity contribution in [3.63, 3.8) is 0 Å². The van der Waals surface area contributed by atoms with Crippen molar-refractivity contribution < 1.29 is 183 Å². The van der Waals surface area contributed by atoms with E-state index in [0.29, 0.717) is 19.5 Å². The van der Waals surface area contributed by atoms with Gasteiger partial charge in [-0.05, 0) is 142 Å². The maximum atomic E-state index is 11.6. The minimum atomic E-state index is -0.470. The molecular weight excluding hydrogens is 970 g/mol. The van der Waals surface area contributed by atoms with Crippen molar-refractivity contribution in [3.8, 4) is 11.5 Å². The van der Waals surface area contributed by atoms with Crippen LogP contribution in [0.1, 0.15) is 79.8 Å². The summed E-state index contributed by atoms with van der Waals surface area (Å²) in [6, 6.07) is 15.0. The predicted octanol–water partition coefficient (Wildman–Crippen LogP) is -0.436. The number of ether oxygens (including phenoxy) is 3. The monoisotopic (exact) mass is 1030 g/mol. The van der Waals surface area contributed by atoms with Gasteiger partial charge in [0, 0.05) is 32.1 Å². The summed E-state index contributed by atoms with van der Waals surface area (Å²) < 4.78 is 16.1. The Morgan fingerprint density at radius 1 is 0.764 bits per heavy atom. The average molecular weight is 1030 g/mol. The first-order valence-corrected chi connectivity index (χ1v) is 18.8. The van der Waals surface area contributed by atoms with Gasteiger partial charge in [0.1, 0.15) is 29.3 Å². The maximum absolute atomic E-state index is 11.6. The fourth-order valence-electron chi connectivity index (χ4n) is 5.09. The number of aromatic hydroxyl groups is 1. The van der Waals surface area contributed by atoms with Crippen LogP contribution in [-0.2, 0) is 32.0 Å². The molecule has 2 aromatic rings. The number of amides is 2. The van der Waals surface area contributed by atoms with Crippen molar-refractivity contribution in [1.29, 1.82) is 0 Å². The molecule has 0 bridgehead atoms. The number of phenolic OH excluding ortho intramolecular Hbond substituents is 1. The Labute approximate surface area is 453 Å². The van der Waals surface area contributed by atoms with Gasteiger partial charge in [0.05, 0.1) is 0 Å². The summed E-state index contributed by atoms with van der Waals surface area (Å²) in [5.74, 6) is 1.94. The Morgan fingerprint density at radius 2 is 1.15 bits per heavy atom. The molecule has 4 rings (SSSR count). The molecule has 0 spiro atoms. The van der Waals surface area contributed by atoms with Crippen molar-refractivity contribution in [2.45, 2.75) is 91.3 Å². The van der Waals surface area contributed by atoms with E-state index in [4.69, 9.17) is 41.0 Å². The standard InChI is InChI=1S/C19H30N2O3.C13H19NO3.C6H12ClN.CH2O3.2Cs.H/c1-19(2,3)24-18(22)20-11-10-16-6-8-17(9-7-16)23-15-14-21-12-4-5-13-21;1-13(2,3)17-12(16)14-9-8-10-4-6-11(15)7-5-10;7-3-6-8-4-1-2-5-8;2-1-4-3;;;/h6-9H,4-5,10-15H2,1-3H3,(H,20,22);4-7,15H,8-9H2,1-3H3,(H,14,16);1-6H2;1,3H;;;/q;;;;2*+1;-1/p-1. The van der Waals surface area contributed by atoms with Crippen LogP contribution < -0.4 is 158 Å². The van der Waals surface area contributed by atoms with E-state index in [-0.39, 0.29) is 158 Å². The third-order valence-corrected chi connectivity index (χ3v) is 7.71. The van der Waals surface area contributed by atoms with Crippen LogP contribution in [0.5, 0.6) is 11.5 Å². The van der Waals surface area contributed by atoms with E-state index in [2.05, 4.69) is 25.3 Å². The molecule has 2 amide bonds. The summed E-state index contributed by atoms with van der Waals surface area (Å²) in [7, 11) is 0. The quantitative estimate of drug-likeness (QED) is 0.103. The molecule has 3 N–H and O–H groups in total. The fourth-order valence-corrected chi connectivity index (χ4v) is 5.32. The van der Waals surface area contributed by atoms with Crippen molar-refractivity contribution in [3.05, 3.63) is 59.7 Å². The van der Waals surface area contributed by atoms with Crippen molar-refractivity contribution in [2.24, 2.45) is 0 Å². The molecule has 55 heavy (non-hydrogen) atoms. The van der Waals surface area contributed by atoms with Crippen LogP contribution in [0.3, 0.4) is 0 Å². The molecule has 2 heterocycles. The number of carbonyl (C=O) groups is 3. The van der Waals surface area contributed by atoms with E-state index in [1.165, 1.54) is 51.9 Å². The zero-order valence-electron chi connectivity index (χ0n) is 35.5. The topological polar surface area (TPSA) is 162 Å². The van der Waals surface area contributed by atoms with Crippen LogP contribution in [0.25, 0.3) is 0 Å². The van der Waals surface area contributed by atoms with Crippen molar-refractivity contribution >= 4 is 30.3 Å². The second kappa shape index (κ2) is 34.1. The molecule has 0 radical (unpaired) electrons. The number of phenols is 1. The van der Waals surface area contributed by atoms with Crippen LogP contribution in [0.4, 0.5) is 9.59 Å². The Kier molecular flexibility index (Phi) is 35.6. The third kappa shape index (κ3) is 33.8. The van der Waals surface area contributed by atoms with Crippen LogP contribution in [-0.4, -0.2) is 110 Å². The largest absolute Gasteiger partial charge is 1.00 e. The van der Waals surface area contributed by atoms with Gasteiger partial charge in [0.15, 0.2) is 0 Å². The normalized spacial score (nSPS) is 13.7.